The minimum absolute atomic E-state index is 0.242. The Morgan fingerprint density at radius 2 is 1.70 bits per heavy atom. The van der Waals surface area contributed by atoms with Gasteiger partial charge in [0.1, 0.15) is 0 Å². The lowest BCUT2D eigenvalue weighted by atomic mass is 9.77. The molecule has 0 amide bonds. The third kappa shape index (κ3) is 2.54. The van der Waals surface area contributed by atoms with Crippen LogP contribution in [0.25, 0.3) is 0 Å². The standard InChI is InChI=1S/C17H25BO2/c1-12-10-15(9-8-14(12)11-13-6-7-13)18-19-16(2,3)17(4,5)20-18/h8-10,13H,6-7,11H2,1-5H3. The Morgan fingerprint density at radius 3 is 2.20 bits per heavy atom. The van der Waals surface area contributed by atoms with E-state index < -0.39 is 0 Å². The lowest BCUT2D eigenvalue weighted by Gasteiger charge is -2.32. The summed E-state index contributed by atoms with van der Waals surface area (Å²) in [5, 5.41) is 0. The summed E-state index contributed by atoms with van der Waals surface area (Å²) in [7, 11) is -0.242. The van der Waals surface area contributed by atoms with Crippen LogP contribution in [0.4, 0.5) is 0 Å². The Morgan fingerprint density at radius 1 is 1.10 bits per heavy atom. The molecule has 0 bridgehead atoms. The lowest BCUT2D eigenvalue weighted by Crippen LogP contribution is -2.41. The number of rotatable bonds is 3. The topological polar surface area (TPSA) is 18.5 Å². The van der Waals surface area contributed by atoms with Crippen molar-refractivity contribution in [1.29, 1.82) is 0 Å². The molecule has 0 spiro atoms. The molecule has 0 radical (unpaired) electrons. The Bertz CT molecular complexity index is 502. The summed E-state index contributed by atoms with van der Waals surface area (Å²) in [6.45, 7) is 10.6. The highest BCUT2D eigenvalue weighted by atomic mass is 16.7. The highest BCUT2D eigenvalue weighted by molar-refractivity contribution is 6.62. The van der Waals surface area contributed by atoms with Gasteiger partial charge in [-0.25, -0.2) is 0 Å². The van der Waals surface area contributed by atoms with E-state index in [1.54, 1.807) is 0 Å². The van der Waals surface area contributed by atoms with Gasteiger partial charge in [0, 0.05) is 0 Å². The molecule has 0 aromatic heterocycles. The third-order valence-corrected chi connectivity index (χ3v) is 5.10. The van der Waals surface area contributed by atoms with Crippen molar-refractivity contribution < 1.29 is 9.31 Å². The number of hydrogen-bond acceptors (Lipinski definition) is 2. The van der Waals surface area contributed by atoms with Crippen molar-refractivity contribution in [3.63, 3.8) is 0 Å². The minimum atomic E-state index is -0.266. The van der Waals surface area contributed by atoms with Crippen LogP contribution in [0, 0.1) is 12.8 Å². The van der Waals surface area contributed by atoms with E-state index in [1.165, 1.54) is 30.4 Å². The fourth-order valence-electron chi connectivity index (χ4n) is 2.71. The van der Waals surface area contributed by atoms with Gasteiger partial charge in [0.25, 0.3) is 0 Å². The van der Waals surface area contributed by atoms with Gasteiger partial charge in [-0.3, -0.25) is 0 Å². The first-order chi connectivity index (χ1) is 9.28. The molecule has 1 heterocycles. The molecule has 20 heavy (non-hydrogen) atoms. The van der Waals surface area contributed by atoms with Crippen LogP contribution in [0.2, 0.25) is 0 Å². The van der Waals surface area contributed by atoms with Gasteiger partial charge < -0.3 is 9.31 Å². The van der Waals surface area contributed by atoms with Gasteiger partial charge in [-0.2, -0.15) is 0 Å². The van der Waals surface area contributed by atoms with Crippen molar-refractivity contribution in [1.82, 2.24) is 0 Å². The second-order valence-electron chi connectivity index (χ2n) is 7.42. The molecule has 2 aliphatic rings. The Kier molecular flexibility index (Phi) is 3.26. The van der Waals surface area contributed by atoms with Gasteiger partial charge >= 0.3 is 7.12 Å². The molecular formula is C17H25BO2. The van der Waals surface area contributed by atoms with Gasteiger partial charge in [-0.15, -0.1) is 0 Å². The Labute approximate surface area is 123 Å². The second-order valence-corrected chi connectivity index (χ2v) is 7.42. The van der Waals surface area contributed by atoms with Crippen LogP contribution in [-0.2, 0) is 15.7 Å². The average Bonchev–Trinajstić information content (AvgIpc) is 3.10. The van der Waals surface area contributed by atoms with Crippen LogP contribution < -0.4 is 5.46 Å². The van der Waals surface area contributed by atoms with Gasteiger partial charge in [-0.05, 0) is 76.4 Å². The van der Waals surface area contributed by atoms with Gasteiger partial charge in [0.05, 0.1) is 11.2 Å². The monoisotopic (exact) mass is 272 g/mol. The van der Waals surface area contributed by atoms with Gasteiger partial charge in [0.2, 0.25) is 0 Å². The van der Waals surface area contributed by atoms with E-state index in [2.05, 4.69) is 52.8 Å². The zero-order chi connectivity index (χ0) is 14.5. The first kappa shape index (κ1) is 14.2. The van der Waals surface area contributed by atoms with Crippen LogP contribution in [0.15, 0.2) is 18.2 Å². The van der Waals surface area contributed by atoms with E-state index in [0.29, 0.717) is 0 Å². The van der Waals surface area contributed by atoms with Gasteiger partial charge in [0.15, 0.2) is 0 Å². The lowest BCUT2D eigenvalue weighted by molar-refractivity contribution is 0.00578. The molecule has 3 heteroatoms. The van der Waals surface area contributed by atoms with Crippen LogP contribution >= 0.6 is 0 Å². The summed E-state index contributed by atoms with van der Waals surface area (Å²) in [6.07, 6.45) is 4.03. The molecule has 2 nitrogen and oxygen atoms in total. The largest absolute Gasteiger partial charge is 0.494 e. The summed E-state index contributed by atoms with van der Waals surface area (Å²) in [5.74, 6) is 0.927. The molecule has 108 valence electrons. The van der Waals surface area contributed by atoms with E-state index in [4.69, 9.17) is 9.31 Å². The number of benzene rings is 1. The fourth-order valence-corrected chi connectivity index (χ4v) is 2.71. The summed E-state index contributed by atoms with van der Waals surface area (Å²) >= 11 is 0. The van der Waals surface area contributed by atoms with E-state index >= 15 is 0 Å². The molecule has 1 aliphatic heterocycles. The molecule has 1 saturated carbocycles. The maximum absolute atomic E-state index is 6.12. The summed E-state index contributed by atoms with van der Waals surface area (Å²) in [6, 6.07) is 6.67. The summed E-state index contributed by atoms with van der Waals surface area (Å²) in [4.78, 5) is 0. The second kappa shape index (κ2) is 4.61. The van der Waals surface area contributed by atoms with E-state index in [9.17, 15) is 0 Å². The van der Waals surface area contributed by atoms with Crippen molar-refractivity contribution in [2.45, 2.75) is 65.1 Å². The van der Waals surface area contributed by atoms with Crippen LogP contribution in [-0.4, -0.2) is 18.3 Å². The Balaban J connectivity index is 1.79. The van der Waals surface area contributed by atoms with Gasteiger partial charge in [-0.1, -0.05) is 18.2 Å². The summed E-state index contributed by atoms with van der Waals surface area (Å²) < 4.78 is 12.2. The first-order valence-corrected chi connectivity index (χ1v) is 7.73. The zero-order valence-corrected chi connectivity index (χ0v) is 13.3. The van der Waals surface area contributed by atoms with Crippen molar-refractivity contribution >= 4 is 12.6 Å². The van der Waals surface area contributed by atoms with Crippen molar-refractivity contribution in [2.24, 2.45) is 5.92 Å². The smallest absolute Gasteiger partial charge is 0.399 e. The maximum Gasteiger partial charge on any atom is 0.494 e. The SMILES string of the molecule is Cc1cc(B2OC(C)(C)C(C)(C)O2)ccc1CC1CC1. The number of aryl methyl sites for hydroxylation is 1. The van der Waals surface area contributed by atoms with E-state index in [0.717, 1.165) is 11.4 Å². The maximum atomic E-state index is 6.12. The predicted molar refractivity (Wildman–Crippen MR) is 83.3 cm³/mol. The highest BCUT2D eigenvalue weighted by Crippen LogP contribution is 2.37. The first-order valence-electron chi connectivity index (χ1n) is 7.73. The van der Waals surface area contributed by atoms with Crippen LogP contribution in [0.5, 0.6) is 0 Å². The molecule has 0 atom stereocenters. The van der Waals surface area contributed by atoms with E-state index in [-0.39, 0.29) is 18.3 Å². The quantitative estimate of drug-likeness (QED) is 0.786. The molecule has 1 aromatic rings. The summed E-state index contributed by atoms with van der Waals surface area (Å²) in [5.41, 5.74) is 3.45. The fraction of sp³-hybridized carbons (Fsp3) is 0.647. The zero-order valence-electron chi connectivity index (χ0n) is 13.3. The highest BCUT2D eigenvalue weighted by Gasteiger charge is 2.51. The average molecular weight is 272 g/mol. The van der Waals surface area contributed by atoms with Crippen LogP contribution in [0.1, 0.15) is 51.7 Å². The molecule has 1 aliphatic carbocycles. The van der Waals surface area contributed by atoms with Crippen molar-refractivity contribution in [3.8, 4) is 0 Å². The van der Waals surface area contributed by atoms with Crippen molar-refractivity contribution in [3.05, 3.63) is 29.3 Å². The molecule has 3 rings (SSSR count). The van der Waals surface area contributed by atoms with E-state index in [1.807, 2.05) is 0 Å². The molecular weight excluding hydrogens is 247 g/mol. The number of hydrogen-bond donors (Lipinski definition) is 0. The molecule has 1 aromatic carbocycles. The normalized spacial score (nSPS) is 24.1. The Hall–Kier alpha value is -0.795. The van der Waals surface area contributed by atoms with Crippen LogP contribution in [0.3, 0.4) is 0 Å². The third-order valence-electron chi connectivity index (χ3n) is 5.10. The van der Waals surface area contributed by atoms with Crippen molar-refractivity contribution in [2.75, 3.05) is 0 Å². The molecule has 1 saturated heterocycles. The molecule has 0 N–H and O–H groups in total. The predicted octanol–water partition coefficient (Wildman–Crippen LogP) is 3.25. The molecule has 2 fully saturated rings. The minimum Gasteiger partial charge on any atom is -0.399 e. The molecule has 0 unspecified atom stereocenters.